The maximum atomic E-state index is 6.20. The first-order valence-electron chi connectivity index (χ1n) is 7.13. The molecule has 1 saturated carbocycles. The molecule has 3 rings (SSSR count). The second-order valence-electron chi connectivity index (χ2n) is 5.54. The average Bonchev–Trinajstić information content (AvgIpc) is 3.20. The maximum absolute atomic E-state index is 6.20. The van der Waals surface area contributed by atoms with Crippen molar-refractivity contribution in [3.63, 3.8) is 0 Å². The van der Waals surface area contributed by atoms with Gasteiger partial charge in [-0.3, -0.25) is 4.90 Å². The van der Waals surface area contributed by atoms with Crippen molar-refractivity contribution in [1.29, 1.82) is 0 Å². The van der Waals surface area contributed by atoms with Crippen LogP contribution in [0.1, 0.15) is 19.3 Å². The molecule has 1 aromatic rings. The smallest absolute Gasteiger partial charge is 0.145 e. The van der Waals surface area contributed by atoms with E-state index in [1.165, 1.54) is 25.8 Å². The largest absolute Gasteiger partial charge is 0.495 e. The summed E-state index contributed by atoms with van der Waals surface area (Å²) in [6.07, 6.45) is 3.90. The van der Waals surface area contributed by atoms with Gasteiger partial charge in [0, 0.05) is 31.2 Å². The molecule has 1 unspecified atom stereocenters. The molecule has 0 spiro atoms. The molecule has 2 aliphatic rings. The summed E-state index contributed by atoms with van der Waals surface area (Å²) < 4.78 is 10.6. The molecule has 4 nitrogen and oxygen atoms in total. The van der Waals surface area contributed by atoms with Crippen molar-refractivity contribution < 1.29 is 9.47 Å². The molecular weight excluding hydrogens is 276 g/mol. The van der Waals surface area contributed by atoms with Gasteiger partial charge in [0.05, 0.1) is 24.9 Å². The lowest BCUT2D eigenvalue weighted by atomic mass is 10.2. The van der Waals surface area contributed by atoms with Gasteiger partial charge in [-0.1, -0.05) is 11.6 Å². The Bertz CT molecular complexity index is 491. The van der Waals surface area contributed by atoms with Crippen molar-refractivity contribution >= 4 is 17.3 Å². The van der Waals surface area contributed by atoms with Crippen LogP contribution in [-0.2, 0) is 0 Å². The highest BCUT2D eigenvalue weighted by Gasteiger charge is 2.34. The lowest BCUT2D eigenvalue weighted by Crippen LogP contribution is -2.27. The van der Waals surface area contributed by atoms with E-state index in [4.69, 9.17) is 21.1 Å². The molecule has 1 saturated heterocycles. The Balaban J connectivity index is 1.71. The Kier molecular flexibility index (Phi) is 3.94. The number of benzene rings is 1. The lowest BCUT2D eigenvalue weighted by Gasteiger charge is -2.19. The molecule has 2 fully saturated rings. The van der Waals surface area contributed by atoms with Gasteiger partial charge in [-0.2, -0.15) is 0 Å². The van der Waals surface area contributed by atoms with Crippen LogP contribution in [0, 0.1) is 0 Å². The Morgan fingerprint density at radius 3 is 2.55 bits per heavy atom. The van der Waals surface area contributed by atoms with Gasteiger partial charge in [0.25, 0.3) is 0 Å². The van der Waals surface area contributed by atoms with Crippen LogP contribution in [0.4, 0.5) is 5.69 Å². The first kappa shape index (κ1) is 13.8. The molecule has 5 heteroatoms. The van der Waals surface area contributed by atoms with Crippen LogP contribution in [0.25, 0.3) is 0 Å². The van der Waals surface area contributed by atoms with Crippen molar-refractivity contribution in [2.24, 2.45) is 0 Å². The zero-order valence-electron chi connectivity index (χ0n) is 12.0. The van der Waals surface area contributed by atoms with Crippen molar-refractivity contribution in [2.75, 3.05) is 32.6 Å². The van der Waals surface area contributed by atoms with E-state index in [9.17, 15) is 0 Å². The minimum Gasteiger partial charge on any atom is -0.495 e. The number of ether oxygens (including phenoxy) is 2. The van der Waals surface area contributed by atoms with Crippen molar-refractivity contribution in [2.45, 2.75) is 31.3 Å². The predicted molar refractivity (Wildman–Crippen MR) is 81.2 cm³/mol. The summed E-state index contributed by atoms with van der Waals surface area (Å²) in [6, 6.07) is 5.02. The number of methoxy groups -OCH3 is 2. The molecule has 20 heavy (non-hydrogen) atoms. The van der Waals surface area contributed by atoms with E-state index in [-0.39, 0.29) is 0 Å². The molecule has 1 aliphatic heterocycles. The zero-order chi connectivity index (χ0) is 14.1. The number of hydrogen-bond donors (Lipinski definition) is 1. The summed E-state index contributed by atoms with van der Waals surface area (Å²) in [6.45, 7) is 2.30. The van der Waals surface area contributed by atoms with Gasteiger partial charge in [0.1, 0.15) is 11.5 Å². The molecule has 1 aliphatic carbocycles. The minimum atomic E-state index is 0.467. The number of hydrogen-bond acceptors (Lipinski definition) is 4. The highest BCUT2D eigenvalue weighted by molar-refractivity contribution is 6.32. The summed E-state index contributed by atoms with van der Waals surface area (Å²) in [5.74, 6) is 1.41. The first-order chi connectivity index (χ1) is 9.71. The molecule has 0 radical (unpaired) electrons. The SMILES string of the molecule is COc1cc(OC)c(NC2CCN(C3CC3)C2)cc1Cl. The van der Waals surface area contributed by atoms with Crippen LogP contribution in [0.3, 0.4) is 0 Å². The van der Waals surface area contributed by atoms with Gasteiger partial charge in [-0.25, -0.2) is 0 Å². The third-order valence-corrected chi connectivity index (χ3v) is 4.41. The van der Waals surface area contributed by atoms with E-state index in [0.717, 1.165) is 24.0 Å². The average molecular weight is 297 g/mol. The van der Waals surface area contributed by atoms with E-state index in [1.807, 2.05) is 12.1 Å². The van der Waals surface area contributed by atoms with Crippen LogP contribution in [0.5, 0.6) is 11.5 Å². The van der Waals surface area contributed by atoms with Crippen molar-refractivity contribution in [1.82, 2.24) is 4.90 Å². The number of anilines is 1. The monoisotopic (exact) mass is 296 g/mol. The Hall–Kier alpha value is -1.13. The molecule has 1 aromatic carbocycles. The molecule has 0 bridgehead atoms. The van der Waals surface area contributed by atoms with Crippen LogP contribution >= 0.6 is 11.6 Å². The number of halogens is 1. The van der Waals surface area contributed by atoms with Crippen molar-refractivity contribution in [3.05, 3.63) is 17.2 Å². The number of nitrogens with one attached hydrogen (secondary N) is 1. The molecular formula is C15H21ClN2O2. The third-order valence-electron chi connectivity index (χ3n) is 4.12. The molecule has 1 N–H and O–H groups in total. The van der Waals surface area contributed by atoms with Gasteiger partial charge in [-0.05, 0) is 25.3 Å². The van der Waals surface area contributed by atoms with Crippen LogP contribution in [-0.4, -0.2) is 44.3 Å². The highest BCUT2D eigenvalue weighted by Crippen LogP contribution is 2.37. The summed E-state index contributed by atoms with van der Waals surface area (Å²) in [5, 5.41) is 4.16. The fraction of sp³-hybridized carbons (Fsp3) is 0.600. The molecule has 1 atom stereocenters. The quantitative estimate of drug-likeness (QED) is 0.906. The summed E-state index contributed by atoms with van der Waals surface area (Å²) in [7, 11) is 3.28. The number of nitrogens with zero attached hydrogens (tertiary/aromatic N) is 1. The Morgan fingerprint density at radius 2 is 1.90 bits per heavy atom. The van der Waals surface area contributed by atoms with E-state index >= 15 is 0 Å². The first-order valence-corrected chi connectivity index (χ1v) is 7.51. The second kappa shape index (κ2) is 5.70. The Labute approximate surface area is 125 Å². The third kappa shape index (κ3) is 2.81. The molecule has 0 aromatic heterocycles. The van der Waals surface area contributed by atoms with Crippen LogP contribution in [0.2, 0.25) is 5.02 Å². The fourth-order valence-corrected chi connectivity index (χ4v) is 3.11. The summed E-state index contributed by atoms with van der Waals surface area (Å²) in [4.78, 5) is 2.58. The minimum absolute atomic E-state index is 0.467. The van der Waals surface area contributed by atoms with Crippen LogP contribution in [0.15, 0.2) is 12.1 Å². The molecule has 1 heterocycles. The normalized spacial score (nSPS) is 22.9. The van der Waals surface area contributed by atoms with Gasteiger partial charge in [-0.15, -0.1) is 0 Å². The van der Waals surface area contributed by atoms with E-state index < -0.39 is 0 Å². The predicted octanol–water partition coefficient (Wildman–Crippen LogP) is 3.01. The van der Waals surface area contributed by atoms with Crippen LogP contribution < -0.4 is 14.8 Å². The van der Waals surface area contributed by atoms with Gasteiger partial charge < -0.3 is 14.8 Å². The maximum Gasteiger partial charge on any atom is 0.145 e. The van der Waals surface area contributed by atoms with E-state index in [2.05, 4.69) is 10.2 Å². The highest BCUT2D eigenvalue weighted by atomic mass is 35.5. The summed E-state index contributed by atoms with van der Waals surface area (Å²) in [5.41, 5.74) is 0.945. The Morgan fingerprint density at radius 1 is 1.15 bits per heavy atom. The lowest BCUT2D eigenvalue weighted by molar-refractivity contribution is 0.326. The number of rotatable bonds is 5. The number of likely N-dealkylation sites (tertiary alicyclic amines) is 1. The molecule has 110 valence electrons. The second-order valence-corrected chi connectivity index (χ2v) is 5.95. The summed E-state index contributed by atoms with van der Waals surface area (Å²) >= 11 is 6.20. The van der Waals surface area contributed by atoms with E-state index in [1.54, 1.807) is 14.2 Å². The standard InChI is InChI=1S/C15H21ClN2O2/c1-19-14-8-15(20-2)13(7-12(14)16)17-10-5-6-18(9-10)11-3-4-11/h7-8,10-11,17H,3-6,9H2,1-2H3. The van der Waals surface area contributed by atoms with E-state index in [0.29, 0.717) is 16.8 Å². The zero-order valence-corrected chi connectivity index (χ0v) is 12.7. The van der Waals surface area contributed by atoms with Gasteiger partial charge in [0.2, 0.25) is 0 Å². The topological polar surface area (TPSA) is 33.7 Å². The molecule has 0 amide bonds. The van der Waals surface area contributed by atoms with Gasteiger partial charge in [0.15, 0.2) is 0 Å². The van der Waals surface area contributed by atoms with Crippen molar-refractivity contribution in [3.8, 4) is 11.5 Å². The van der Waals surface area contributed by atoms with Gasteiger partial charge >= 0.3 is 0 Å². The fourth-order valence-electron chi connectivity index (χ4n) is 2.87.